The zero-order chi connectivity index (χ0) is 21.3. The molecule has 1 aromatic carbocycles. The standard InChI is InChI=1S/C21H33ClN6O2/c1-26(2)20(29)15-24-21(23-8-10-27-11-13-30-14-12-27)25-18-7-9-28(16-18)19-5-3-17(22)4-6-19/h3-6,18H,7-16H2,1-2H3,(H2,23,24,25). The van der Waals surface area contributed by atoms with Gasteiger partial charge in [0.05, 0.1) is 13.2 Å². The molecule has 2 aliphatic rings. The number of likely N-dealkylation sites (N-methyl/N-ethyl adjacent to an activating group) is 1. The average molecular weight is 437 g/mol. The van der Waals surface area contributed by atoms with Crippen molar-refractivity contribution < 1.29 is 9.53 Å². The molecule has 0 bridgehead atoms. The van der Waals surface area contributed by atoms with E-state index in [1.165, 1.54) is 5.69 Å². The summed E-state index contributed by atoms with van der Waals surface area (Å²) < 4.78 is 5.40. The highest BCUT2D eigenvalue weighted by Gasteiger charge is 2.23. The highest BCUT2D eigenvalue weighted by atomic mass is 35.5. The molecule has 1 aromatic rings. The summed E-state index contributed by atoms with van der Waals surface area (Å²) in [6.07, 6.45) is 1.01. The molecular formula is C21H33ClN6O2. The fraction of sp³-hybridized carbons (Fsp3) is 0.619. The van der Waals surface area contributed by atoms with Crippen molar-refractivity contribution in [2.45, 2.75) is 12.5 Å². The lowest BCUT2D eigenvalue weighted by molar-refractivity contribution is -0.127. The van der Waals surface area contributed by atoms with Crippen LogP contribution in [-0.4, -0.2) is 101 Å². The lowest BCUT2D eigenvalue weighted by Crippen LogP contribution is -2.48. The van der Waals surface area contributed by atoms with Crippen LogP contribution in [0.15, 0.2) is 29.3 Å². The van der Waals surface area contributed by atoms with Gasteiger partial charge >= 0.3 is 0 Å². The van der Waals surface area contributed by atoms with Crippen LogP contribution in [0.3, 0.4) is 0 Å². The Balaban J connectivity index is 1.53. The first kappa shape index (κ1) is 22.7. The Morgan fingerprint density at radius 1 is 1.23 bits per heavy atom. The zero-order valence-electron chi connectivity index (χ0n) is 17.9. The summed E-state index contributed by atoms with van der Waals surface area (Å²) in [5.41, 5.74) is 1.17. The van der Waals surface area contributed by atoms with Gasteiger partial charge < -0.3 is 25.2 Å². The smallest absolute Gasteiger partial charge is 0.243 e. The van der Waals surface area contributed by atoms with Gasteiger partial charge in [-0.2, -0.15) is 0 Å². The number of halogens is 1. The molecule has 0 aromatic heterocycles. The Labute approximate surface area is 184 Å². The summed E-state index contributed by atoms with van der Waals surface area (Å²) >= 11 is 6.01. The number of nitrogens with zero attached hydrogens (tertiary/aromatic N) is 4. The minimum absolute atomic E-state index is 0.0153. The summed E-state index contributed by atoms with van der Waals surface area (Å²) in [4.78, 5) is 22.8. The molecule has 8 nitrogen and oxygen atoms in total. The summed E-state index contributed by atoms with van der Waals surface area (Å²) in [6, 6.07) is 8.21. The van der Waals surface area contributed by atoms with Gasteiger partial charge in [-0.05, 0) is 30.7 Å². The second-order valence-electron chi connectivity index (χ2n) is 7.89. The van der Waals surface area contributed by atoms with Crippen LogP contribution >= 0.6 is 11.6 Å². The number of anilines is 1. The molecule has 2 N–H and O–H groups in total. The SMILES string of the molecule is CN(C)C(=O)CN=C(NCCN1CCOCC1)NC1CCN(c2ccc(Cl)cc2)C1. The van der Waals surface area contributed by atoms with E-state index in [1.54, 1.807) is 19.0 Å². The molecule has 0 aliphatic carbocycles. The summed E-state index contributed by atoms with van der Waals surface area (Å²) in [5.74, 6) is 0.680. The van der Waals surface area contributed by atoms with Gasteiger partial charge in [0.25, 0.3) is 0 Å². The fourth-order valence-corrected chi connectivity index (χ4v) is 3.68. The van der Waals surface area contributed by atoms with Crippen molar-refractivity contribution in [2.75, 3.05) is 78.0 Å². The number of nitrogens with one attached hydrogen (secondary N) is 2. The van der Waals surface area contributed by atoms with Crippen molar-refractivity contribution in [1.29, 1.82) is 0 Å². The second kappa shape index (κ2) is 11.4. The number of guanidine groups is 1. The minimum Gasteiger partial charge on any atom is -0.379 e. The first-order valence-corrected chi connectivity index (χ1v) is 10.9. The second-order valence-corrected chi connectivity index (χ2v) is 8.32. The molecule has 1 atom stereocenters. The number of morpholine rings is 1. The van der Waals surface area contributed by atoms with E-state index in [1.807, 2.05) is 12.1 Å². The normalized spacial score (nSPS) is 20.3. The van der Waals surface area contributed by atoms with Crippen molar-refractivity contribution >= 4 is 29.2 Å². The number of aliphatic imine (C=N–C) groups is 1. The number of hydrogen-bond donors (Lipinski definition) is 2. The topological polar surface area (TPSA) is 72.4 Å². The van der Waals surface area contributed by atoms with E-state index in [0.717, 1.165) is 63.9 Å². The Bertz CT molecular complexity index is 706. The van der Waals surface area contributed by atoms with Crippen LogP contribution < -0.4 is 15.5 Å². The Morgan fingerprint density at radius 2 is 1.97 bits per heavy atom. The number of amides is 1. The van der Waals surface area contributed by atoms with Gasteiger partial charge in [0, 0.05) is 70.1 Å². The van der Waals surface area contributed by atoms with Crippen LogP contribution in [0.4, 0.5) is 5.69 Å². The van der Waals surface area contributed by atoms with Gasteiger partial charge in [0.15, 0.2) is 5.96 Å². The van der Waals surface area contributed by atoms with Crippen LogP contribution in [0, 0.1) is 0 Å². The summed E-state index contributed by atoms with van der Waals surface area (Å²) in [7, 11) is 3.50. The van der Waals surface area contributed by atoms with Crippen LogP contribution in [0.5, 0.6) is 0 Å². The van der Waals surface area contributed by atoms with E-state index in [9.17, 15) is 4.79 Å². The highest BCUT2D eigenvalue weighted by molar-refractivity contribution is 6.30. The van der Waals surface area contributed by atoms with Crippen LogP contribution in [0.2, 0.25) is 5.02 Å². The fourth-order valence-electron chi connectivity index (χ4n) is 3.56. The first-order chi connectivity index (χ1) is 14.5. The van der Waals surface area contributed by atoms with Crippen molar-refractivity contribution in [3.63, 3.8) is 0 Å². The lowest BCUT2D eigenvalue weighted by Gasteiger charge is -2.27. The largest absolute Gasteiger partial charge is 0.379 e. The van der Waals surface area contributed by atoms with E-state index < -0.39 is 0 Å². The van der Waals surface area contributed by atoms with Gasteiger partial charge in [0.2, 0.25) is 5.91 Å². The zero-order valence-corrected chi connectivity index (χ0v) is 18.7. The van der Waals surface area contributed by atoms with Crippen LogP contribution in [-0.2, 0) is 9.53 Å². The predicted molar refractivity (Wildman–Crippen MR) is 121 cm³/mol. The summed E-state index contributed by atoms with van der Waals surface area (Å²) in [5, 5.41) is 7.66. The molecular weight excluding hydrogens is 404 g/mol. The highest BCUT2D eigenvalue weighted by Crippen LogP contribution is 2.22. The number of benzene rings is 1. The van der Waals surface area contributed by atoms with Crippen LogP contribution in [0.1, 0.15) is 6.42 Å². The van der Waals surface area contributed by atoms with Crippen molar-refractivity contribution in [2.24, 2.45) is 4.99 Å². The molecule has 0 saturated carbocycles. The maximum Gasteiger partial charge on any atom is 0.243 e. The van der Waals surface area contributed by atoms with Crippen molar-refractivity contribution in [3.8, 4) is 0 Å². The third-order valence-corrected chi connectivity index (χ3v) is 5.67. The molecule has 1 unspecified atom stereocenters. The number of ether oxygens (including phenoxy) is 1. The average Bonchev–Trinajstić information content (AvgIpc) is 3.21. The molecule has 2 aliphatic heterocycles. The van der Waals surface area contributed by atoms with E-state index in [2.05, 4.69) is 37.6 Å². The maximum absolute atomic E-state index is 12.0. The molecule has 0 radical (unpaired) electrons. The quantitative estimate of drug-likeness (QED) is 0.488. The minimum atomic E-state index is -0.0153. The number of carbonyl (C=O) groups excluding carboxylic acids is 1. The molecule has 1 amide bonds. The molecule has 3 rings (SSSR count). The first-order valence-electron chi connectivity index (χ1n) is 10.6. The van der Waals surface area contributed by atoms with Crippen molar-refractivity contribution in [3.05, 3.63) is 29.3 Å². The van der Waals surface area contributed by atoms with E-state index in [4.69, 9.17) is 16.3 Å². The monoisotopic (exact) mass is 436 g/mol. The molecule has 9 heteroatoms. The molecule has 0 spiro atoms. The number of hydrogen-bond acceptors (Lipinski definition) is 5. The molecule has 2 heterocycles. The van der Waals surface area contributed by atoms with Gasteiger partial charge in [-0.15, -0.1) is 0 Å². The lowest BCUT2D eigenvalue weighted by atomic mass is 10.2. The Hall–Kier alpha value is -2.03. The predicted octanol–water partition coefficient (Wildman–Crippen LogP) is 0.874. The number of rotatable bonds is 7. The number of carbonyl (C=O) groups is 1. The van der Waals surface area contributed by atoms with Gasteiger partial charge in [0.1, 0.15) is 6.54 Å². The Kier molecular flexibility index (Phi) is 8.60. The molecule has 166 valence electrons. The Morgan fingerprint density at radius 3 is 2.67 bits per heavy atom. The third-order valence-electron chi connectivity index (χ3n) is 5.42. The van der Waals surface area contributed by atoms with Gasteiger partial charge in [-0.3, -0.25) is 9.69 Å². The van der Waals surface area contributed by atoms with Crippen LogP contribution in [0.25, 0.3) is 0 Å². The summed E-state index contributed by atoms with van der Waals surface area (Å²) in [6.45, 7) is 7.18. The third kappa shape index (κ3) is 7.04. The van der Waals surface area contributed by atoms with E-state index >= 15 is 0 Å². The molecule has 2 saturated heterocycles. The van der Waals surface area contributed by atoms with E-state index in [0.29, 0.717) is 5.96 Å². The van der Waals surface area contributed by atoms with E-state index in [-0.39, 0.29) is 18.5 Å². The molecule has 30 heavy (non-hydrogen) atoms. The van der Waals surface area contributed by atoms with Gasteiger partial charge in [-0.25, -0.2) is 4.99 Å². The maximum atomic E-state index is 12.0. The van der Waals surface area contributed by atoms with Gasteiger partial charge in [-0.1, -0.05) is 11.6 Å². The van der Waals surface area contributed by atoms with Crippen molar-refractivity contribution in [1.82, 2.24) is 20.4 Å². The molecule has 2 fully saturated rings.